The van der Waals surface area contributed by atoms with E-state index >= 15 is 0 Å². The summed E-state index contributed by atoms with van der Waals surface area (Å²) in [5.41, 5.74) is 8.32. The molecule has 7 heteroatoms. The van der Waals surface area contributed by atoms with Crippen LogP contribution in [0.25, 0.3) is 10.9 Å². The number of nitrogens with two attached hydrogens (primary N) is 1. The van der Waals surface area contributed by atoms with E-state index in [1.807, 2.05) is 25.1 Å². The Bertz CT molecular complexity index is 736. The quantitative estimate of drug-likeness (QED) is 0.455. The molecule has 0 aliphatic rings. The van der Waals surface area contributed by atoms with Crippen molar-refractivity contribution in [2.75, 3.05) is 0 Å². The first kappa shape index (κ1) is 18.9. The zero-order chi connectivity index (χ0) is 15.6. The molecule has 0 aliphatic heterocycles. The summed E-state index contributed by atoms with van der Waals surface area (Å²) < 4.78 is 0.948. The number of nitrogens with zero attached hydrogens (tertiary/aromatic N) is 1. The van der Waals surface area contributed by atoms with Gasteiger partial charge in [0.05, 0.1) is 5.52 Å². The van der Waals surface area contributed by atoms with Crippen molar-refractivity contribution in [2.45, 2.75) is 31.6 Å². The van der Waals surface area contributed by atoms with Gasteiger partial charge in [-0.05, 0) is 44.0 Å². The summed E-state index contributed by atoms with van der Waals surface area (Å²) >= 11 is 4.68. The molecule has 0 unspecified atom stereocenters. The monoisotopic (exact) mass is 401 g/mol. The molecule has 1 aromatic carbocycles. The van der Waals surface area contributed by atoms with Gasteiger partial charge < -0.3 is 10.5 Å². The first-order chi connectivity index (χ1) is 9.88. The number of Topliss-reactive ketones (excluding diaryl/α,β-unsaturated/α-hetero) is 1. The van der Waals surface area contributed by atoms with Crippen molar-refractivity contribution in [3.63, 3.8) is 0 Å². The van der Waals surface area contributed by atoms with E-state index in [0.29, 0.717) is 12.8 Å². The summed E-state index contributed by atoms with van der Waals surface area (Å²) in [5.74, 6) is 0.141. The maximum Gasteiger partial charge on any atom is 0.155 e. The minimum Gasteiger partial charge on any atom is -0.378 e. The summed E-state index contributed by atoms with van der Waals surface area (Å²) in [6.07, 6.45) is 1.08. The van der Waals surface area contributed by atoms with Gasteiger partial charge >= 0.3 is 0 Å². The van der Waals surface area contributed by atoms with E-state index in [4.69, 9.17) is 11.1 Å². The number of pyridine rings is 1. The molecule has 0 saturated carbocycles. The third kappa shape index (κ3) is 4.44. The number of aryl methyl sites for hydroxylation is 1. The molecule has 0 fully saturated rings. The van der Waals surface area contributed by atoms with Crippen molar-refractivity contribution >= 4 is 62.0 Å². The average Bonchev–Trinajstić information content (AvgIpc) is 2.38. The molecule has 1 aromatic heterocycles. The van der Waals surface area contributed by atoms with Crippen molar-refractivity contribution in [3.8, 4) is 0 Å². The highest BCUT2D eigenvalue weighted by molar-refractivity contribution is 9.10. The Hall–Kier alpha value is -1.11. The molecule has 118 valence electrons. The highest BCUT2D eigenvalue weighted by Crippen LogP contribution is 2.34. The van der Waals surface area contributed by atoms with Crippen LogP contribution >= 0.6 is 40.1 Å². The molecule has 2 rings (SSSR count). The van der Waals surface area contributed by atoms with Gasteiger partial charge in [0.15, 0.2) is 5.17 Å². The average molecular weight is 403 g/mol. The molecule has 22 heavy (non-hydrogen) atoms. The van der Waals surface area contributed by atoms with E-state index in [2.05, 4.69) is 20.9 Å². The second kappa shape index (κ2) is 7.94. The summed E-state index contributed by atoms with van der Waals surface area (Å²) in [4.78, 5) is 16.8. The number of carbonyl (C=O) groups excluding carboxylic acids is 1. The van der Waals surface area contributed by atoms with Crippen LogP contribution in [0.5, 0.6) is 0 Å². The summed E-state index contributed by atoms with van der Waals surface area (Å²) in [6, 6.07) is 5.85. The summed E-state index contributed by atoms with van der Waals surface area (Å²) in [6.45, 7) is 3.51. The van der Waals surface area contributed by atoms with E-state index in [1.54, 1.807) is 6.92 Å². The van der Waals surface area contributed by atoms with Crippen molar-refractivity contribution < 1.29 is 4.79 Å². The zero-order valence-corrected chi connectivity index (χ0v) is 15.5. The van der Waals surface area contributed by atoms with E-state index in [1.165, 1.54) is 11.8 Å². The van der Waals surface area contributed by atoms with Crippen LogP contribution in [-0.2, 0) is 11.2 Å². The fourth-order valence-electron chi connectivity index (χ4n) is 2.18. The summed E-state index contributed by atoms with van der Waals surface area (Å²) in [5, 5.41) is 8.57. The number of benzene rings is 1. The molecule has 2 aromatic rings. The predicted molar refractivity (Wildman–Crippen MR) is 98.2 cm³/mol. The molecule has 3 N–H and O–H groups in total. The van der Waals surface area contributed by atoms with Crippen LogP contribution in [-0.4, -0.2) is 15.9 Å². The minimum atomic E-state index is 0. The van der Waals surface area contributed by atoms with Gasteiger partial charge in [-0.2, -0.15) is 0 Å². The van der Waals surface area contributed by atoms with Crippen LogP contribution in [0, 0.1) is 12.3 Å². The molecule has 0 radical (unpaired) electrons. The third-order valence-corrected chi connectivity index (χ3v) is 4.52. The predicted octanol–water partition coefficient (Wildman–Crippen LogP) is 4.23. The van der Waals surface area contributed by atoms with Crippen LogP contribution in [0.4, 0.5) is 0 Å². The number of hydrogen-bond acceptors (Lipinski definition) is 4. The number of carbonyl (C=O) groups is 1. The molecule has 0 bridgehead atoms. The van der Waals surface area contributed by atoms with E-state index in [9.17, 15) is 4.79 Å². The molecule has 0 atom stereocenters. The number of thioether (sulfide) groups is 1. The van der Waals surface area contributed by atoms with E-state index in [0.717, 1.165) is 31.5 Å². The van der Waals surface area contributed by atoms with Gasteiger partial charge in [-0.1, -0.05) is 27.7 Å². The number of rotatable bonds is 4. The lowest BCUT2D eigenvalue weighted by Gasteiger charge is -2.14. The van der Waals surface area contributed by atoms with Gasteiger partial charge in [0, 0.05) is 26.9 Å². The highest BCUT2D eigenvalue weighted by atomic mass is 79.9. The molecule has 4 nitrogen and oxygen atoms in total. The number of nitrogens with one attached hydrogen (secondary N) is 1. The summed E-state index contributed by atoms with van der Waals surface area (Å²) in [7, 11) is 0. The van der Waals surface area contributed by atoms with Gasteiger partial charge in [-0.3, -0.25) is 10.4 Å². The molecule has 0 amide bonds. The molecule has 0 saturated heterocycles. The third-order valence-electron chi connectivity index (χ3n) is 3.14. The first-order valence-electron chi connectivity index (χ1n) is 6.48. The lowest BCUT2D eigenvalue weighted by molar-refractivity contribution is -0.116. The molecule has 1 heterocycles. The van der Waals surface area contributed by atoms with Crippen molar-refractivity contribution in [2.24, 2.45) is 5.73 Å². The van der Waals surface area contributed by atoms with E-state index in [-0.39, 0.29) is 23.4 Å². The van der Waals surface area contributed by atoms with Crippen LogP contribution in [0.15, 0.2) is 27.6 Å². The number of halogens is 2. The van der Waals surface area contributed by atoms with Gasteiger partial charge in [-0.15, -0.1) is 12.4 Å². The van der Waals surface area contributed by atoms with Crippen molar-refractivity contribution in [3.05, 3.63) is 33.9 Å². The Morgan fingerprint density at radius 3 is 2.73 bits per heavy atom. The molecule has 0 aliphatic carbocycles. The van der Waals surface area contributed by atoms with Gasteiger partial charge in [0.2, 0.25) is 0 Å². The van der Waals surface area contributed by atoms with Gasteiger partial charge in [0.25, 0.3) is 0 Å². The van der Waals surface area contributed by atoms with Crippen LogP contribution in [0.1, 0.15) is 24.6 Å². The topological polar surface area (TPSA) is 79.8 Å². The number of fused-ring (bicyclic) bond motifs is 1. The second-order valence-corrected chi connectivity index (χ2v) is 6.80. The van der Waals surface area contributed by atoms with Crippen LogP contribution in [0.2, 0.25) is 0 Å². The Labute approximate surface area is 148 Å². The fourth-order valence-corrected chi connectivity index (χ4v) is 3.41. The Balaban J connectivity index is 0.00000242. The SMILES string of the molecule is CC(=O)CCc1c(C)nc2ccc(Br)cc2c1SC(=N)N.Cl. The smallest absolute Gasteiger partial charge is 0.155 e. The lowest BCUT2D eigenvalue weighted by Crippen LogP contribution is -2.07. The second-order valence-electron chi connectivity index (χ2n) is 4.83. The fraction of sp³-hybridized carbons (Fsp3) is 0.267. The number of hydrogen-bond donors (Lipinski definition) is 2. The molecule has 0 spiro atoms. The first-order valence-corrected chi connectivity index (χ1v) is 8.09. The number of amidine groups is 1. The normalized spacial score (nSPS) is 10.3. The number of aromatic nitrogens is 1. The zero-order valence-electron chi connectivity index (χ0n) is 12.3. The lowest BCUT2D eigenvalue weighted by atomic mass is 10.0. The maximum absolute atomic E-state index is 11.3. The maximum atomic E-state index is 11.3. The largest absolute Gasteiger partial charge is 0.378 e. The van der Waals surface area contributed by atoms with Crippen molar-refractivity contribution in [1.29, 1.82) is 5.41 Å². The standard InChI is InChI=1S/C15H16BrN3OS.ClH/c1-8(20)3-5-11-9(2)19-13-6-4-10(16)7-12(13)14(11)21-15(17)18;/h4,6-7H,3,5H2,1-2H3,(H3,17,18);1H. The van der Waals surface area contributed by atoms with Gasteiger partial charge in [0.1, 0.15) is 5.78 Å². The molecular weight excluding hydrogens is 386 g/mol. The van der Waals surface area contributed by atoms with E-state index < -0.39 is 0 Å². The Kier molecular flexibility index (Phi) is 6.84. The molecular formula is C15H17BrClN3OS. The Morgan fingerprint density at radius 2 is 2.14 bits per heavy atom. The van der Waals surface area contributed by atoms with Crippen LogP contribution < -0.4 is 5.73 Å². The Morgan fingerprint density at radius 1 is 1.45 bits per heavy atom. The minimum absolute atomic E-state index is 0. The van der Waals surface area contributed by atoms with Gasteiger partial charge in [-0.25, -0.2) is 0 Å². The highest BCUT2D eigenvalue weighted by Gasteiger charge is 2.15. The van der Waals surface area contributed by atoms with Crippen LogP contribution in [0.3, 0.4) is 0 Å². The number of ketones is 1. The van der Waals surface area contributed by atoms with Crippen molar-refractivity contribution in [1.82, 2.24) is 4.98 Å².